The Balaban J connectivity index is 1.64. The van der Waals surface area contributed by atoms with Gasteiger partial charge in [0.05, 0.1) is 29.4 Å². The van der Waals surface area contributed by atoms with E-state index in [1.54, 1.807) is 6.20 Å². The number of fused-ring (bicyclic) bond motifs is 3. The lowest BCUT2D eigenvalue weighted by Crippen LogP contribution is -2.26. The summed E-state index contributed by atoms with van der Waals surface area (Å²) < 4.78 is 3.74. The molecular weight excluding hydrogens is 416 g/mol. The Morgan fingerprint density at radius 2 is 1.85 bits per heavy atom. The lowest BCUT2D eigenvalue weighted by atomic mass is 10.2. The standard InChI is InChI=1S/C25H24N6O2/c1-3-18-14-22(31(29-18)19-8-4-16(2)5-9-19)20-10-6-17-7-11-23-27-21(25(33)26-12-13-32)15-30(23)24(17)28-20/h4-11,14-15,32H,3,12-13H2,1-2H3,(H,26,33). The van der Waals surface area contributed by atoms with Crippen LogP contribution in [0.4, 0.5) is 0 Å². The van der Waals surface area contributed by atoms with Gasteiger partial charge in [0.15, 0.2) is 0 Å². The third kappa shape index (κ3) is 3.85. The number of carbonyl (C=O) groups is 1. The molecule has 166 valence electrons. The fraction of sp³-hybridized carbons (Fsp3) is 0.200. The predicted molar refractivity (Wildman–Crippen MR) is 127 cm³/mol. The number of rotatable bonds is 6. The van der Waals surface area contributed by atoms with E-state index in [2.05, 4.69) is 54.5 Å². The summed E-state index contributed by atoms with van der Waals surface area (Å²) in [6.45, 7) is 4.20. The number of nitrogens with zero attached hydrogens (tertiary/aromatic N) is 5. The van der Waals surface area contributed by atoms with Crippen molar-refractivity contribution in [2.75, 3.05) is 13.2 Å². The number of benzene rings is 1. The highest BCUT2D eigenvalue weighted by Gasteiger charge is 2.16. The molecule has 33 heavy (non-hydrogen) atoms. The van der Waals surface area contributed by atoms with Crippen LogP contribution in [0.1, 0.15) is 28.7 Å². The highest BCUT2D eigenvalue weighted by Crippen LogP contribution is 2.26. The molecule has 1 amide bonds. The molecule has 0 unspecified atom stereocenters. The molecule has 5 rings (SSSR count). The quantitative estimate of drug-likeness (QED) is 0.422. The van der Waals surface area contributed by atoms with Crippen LogP contribution in [0.5, 0.6) is 0 Å². The summed E-state index contributed by atoms with van der Waals surface area (Å²) in [6, 6.07) is 18.1. The van der Waals surface area contributed by atoms with E-state index < -0.39 is 0 Å². The van der Waals surface area contributed by atoms with E-state index in [0.717, 1.165) is 34.6 Å². The Morgan fingerprint density at radius 3 is 2.61 bits per heavy atom. The zero-order valence-corrected chi connectivity index (χ0v) is 18.5. The number of nitrogens with one attached hydrogen (secondary N) is 1. The minimum absolute atomic E-state index is 0.124. The zero-order valence-electron chi connectivity index (χ0n) is 18.5. The van der Waals surface area contributed by atoms with Crippen LogP contribution < -0.4 is 5.32 Å². The van der Waals surface area contributed by atoms with E-state index in [-0.39, 0.29) is 24.8 Å². The number of aryl methyl sites for hydroxylation is 2. The van der Waals surface area contributed by atoms with Crippen molar-refractivity contribution in [1.82, 2.24) is 29.5 Å². The topological polar surface area (TPSA) is 97.3 Å². The second-order valence-electron chi connectivity index (χ2n) is 7.90. The van der Waals surface area contributed by atoms with E-state index in [1.165, 1.54) is 5.56 Å². The maximum absolute atomic E-state index is 12.3. The molecule has 0 radical (unpaired) electrons. The average molecular weight is 441 g/mol. The van der Waals surface area contributed by atoms with Gasteiger partial charge in [0, 0.05) is 18.1 Å². The Morgan fingerprint density at radius 1 is 1.06 bits per heavy atom. The molecule has 0 spiro atoms. The summed E-state index contributed by atoms with van der Waals surface area (Å²) in [5.74, 6) is -0.331. The van der Waals surface area contributed by atoms with Gasteiger partial charge in [-0.3, -0.25) is 9.20 Å². The van der Waals surface area contributed by atoms with Crippen molar-refractivity contribution >= 4 is 22.6 Å². The van der Waals surface area contributed by atoms with E-state index in [9.17, 15) is 4.79 Å². The minimum Gasteiger partial charge on any atom is -0.395 e. The van der Waals surface area contributed by atoms with Gasteiger partial charge < -0.3 is 10.4 Å². The third-order valence-electron chi connectivity index (χ3n) is 5.57. The van der Waals surface area contributed by atoms with Crippen LogP contribution in [-0.2, 0) is 6.42 Å². The number of imidazole rings is 1. The molecule has 0 atom stereocenters. The predicted octanol–water partition coefficient (Wildman–Crippen LogP) is 3.33. The van der Waals surface area contributed by atoms with Gasteiger partial charge in [-0.15, -0.1) is 0 Å². The van der Waals surface area contributed by atoms with Crippen LogP contribution in [-0.4, -0.2) is 48.3 Å². The summed E-state index contributed by atoms with van der Waals surface area (Å²) in [5.41, 5.74) is 6.43. The largest absolute Gasteiger partial charge is 0.395 e. The average Bonchev–Trinajstić information content (AvgIpc) is 3.47. The van der Waals surface area contributed by atoms with E-state index in [1.807, 2.05) is 33.3 Å². The molecule has 4 heterocycles. The van der Waals surface area contributed by atoms with Crippen molar-refractivity contribution in [3.8, 4) is 17.1 Å². The van der Waals surface area contributed by atoms with Gasteiger partial charge in [0.1, 0.15) is 17.0 Å². The summed E-state index contributed by atoms with van der Waals surface area (Å²) in [4.78, 5) is 21.7. The van der Waals surface area contributed by atoms with Crippen LogP contribution in [0.25, 0.3) is 33.8 Å². The molecule has 4 aromatic heterocycles. The fourth-order valence-electron chi connectivity index (χ4n) is 3.81. The first-order chi connectivity index (χ1) is 16.1. The highest BCUT2D eigenvalue weighted by atomic mass is 16.3. The molecule has 0 aliphatic rings. The number of amides is 1. The van der Waals surface area contributed by atoms with Crippen LogP contribution in [0, 0.1) is 6.92 Å². The molecule has 8 nitrogen and oxygen atoms in total. The third-order valence-corrected chi connectivity index (χ3v) is 5.57. The number of aromatic nitrogens is 5. The van der Waals surface area contributed by atoms with Crippen molar-refractivity contribution in [2.45, 2.75) is 20.3 Å². The minimum atomic E-state index is -0.331. The van der Waals surface area contributed by atoms with Crippen molar-refractivity contribution < 1.29 is 9.90 Å². The summed E-state index contributed by atoms with van der Waals surface area (Å²) in [6.07, 6.45) is 2.49. The Hall–Kier alpha value is -4.04. The monoisotopic (exact) mass is 440 g/mol. The molecule has 5 aromatic rings. The highest BCUT2D eigenvalue weighted by molar-refractivity contribution is 5.93. The number of aliphatic hydroxyl groups is 1. The number of aliphatic hydroxyl groups excluding tert-OH is 1. The summed E-state index contributed by atoms with van der Waals surface area (Å²) in [5, 5.41) is 17.3. The molecule has 0 bridgehead atoms. The summed E-state index contributed by atoms with van der Waals surface area (Å²) in [7, 11) is 0. The Labute approximate surface area is 190 Å². The van der Waals surface area contributed by atoms with Gasteiger partial charge in [-0.1, -0.05) is 24.6 Å². The summed E-state index contributed by atoms with van der Waals surface area (Å²) >= 11 is 0. The number of hydrogen-bond donors (Lipinski definition) is 2. The van der Waals surface area contributed by atoms with Crippen LogP contribution in [0.3, 0.4) is 0 Å². The number of hydrogen-bond acceptors (Lipinski definition) is 5. The molecule has 8 heteroatoms. The molecule has 2 N–H and O–H groups in total. The molecule has 0 fully saturated rings. The van der Waals surface area contributed by atoms with Crippen molar-refractivity contribution in [3.05, 3.63) is 77.7 Å². The normalized spacial score (nSPS) is 11.4. The Kier molecular flexibility index (Phi) is 5.35. The number of carbonyl (C=O) groups excluding carboxylic acids is 1. The first kappa shape index (κ1) is 20.8. The lowest BCUT2D eigenvalue weighted by Gasteiger charge is -2.09. The molecule has 0 saturated carbocycles. The molecule has 0 saturated heterocycles. The van der Waals surface area contributed by atoms with Crippen molar-refractivity contribution in [1.29, 1.82) is 0 Å². The fourth-order valence-corrected chi connectivity index (χ4v) is 3.81. The molecular formula is C25H24N6O2. The van der Waals surface area contributed by atoms with E-state index in [4.69, 9.17) is 15.2 Å². The smallest absolute Gasteiger partial charge is 0.271 e. The van der Waals surface area contributed by atoms with Crippen LogP contribution in [0.15, 0.2) is 60.8 Å². The van der Waals surface area contributed by atoms with Crippen molar-refractivity contribution in [3.63, 3.8) is 0 Å². The van der Waals surface area contributed by atoms with Gasteiger partial charge in [0.25, 0.3) is 5.91 Å². The molecule has 0 aliphatic carbocycles. The second kappa shape index (κ2) is 8.48. The first-order valence-electron chi connectivity index (χ1n) is 10.9. The van der Waals surface area contributed by atoms with Crippen LogP contribution >= 0.6 is 0 Å². The SMILES string of the molecule is CCc1cc(-c2ccc3ccc4nc(C(=O)NCCO)cn4c3n2)n(-c2ccc(C)cc2)n1. The Bertz CT molecular complexity index is 1470. The first-order valence-corrected chi connectivity index (χ1v) is 10.9. The molecule has 0 aliphatic heterocycles. The van der Waals surface area contributed by atoms with Gasteiger partial charge in [0.2, 0.25) is 0 Å². The van der Waals surface area contributed by atoms with Gasteiger partial charge in [-0.25, -0.2) is 14.6 Å². The van der Waals surface area contributed by atoms with E-state index >= 15 is 0 Å². The van der Waals surface area contributed by atoms with Gasteiger partial charge >= 0.3 is 0 Å². The maximum Gasteiger partial charge on any atom is 0.271 e. The lowest BCUT2D eigenvalue weighted by molar-refractivity contribution is 0.0940. The van der Waals surface area contributed by atoms with Gasteiger partial charge in [-0.05, 0) is 55.8 Å². The van der Waals surface area contributed by atoms with E-state index in [0.29, 0.717) is 11.3 Å². The number of pyridine rings is 2. The van der Waals surface area contributed by atoms with Gasteiger partial charge in [-0.2, -0.15) is 5.10 Å². The second-order valence-corrected chi connectivity index (χ2v) is 7.90. The maximum atomic E-state index is 12.3. The van der Waals surface area contributed by atoms with Crippen LogP contribution in [0.2, 0.25) is 0 Å². The zero-order chi connectivity index (χ0) is 22.9. The molecule has 1 aromatic carbocycles. The van der Waals surface area contributed by atoms with Crippen molar-refractivity contribution in [2.24, 2.45) is 0 Å².